The molecule has 0 radical (unpaired) electrons. The minimum Gasteiger partial charge on any atom is -0.388 e. The highest BCUT2D eigenvalue weighted by molar-refractivity contribution is 8.14. The van der Waals surface area contributed by atoms with Gasteiger partial charge in [-0.25, -0.2) is 0 Å². The van der Waals surface area contributed by atoms with Gasteiger partial charge in [-0.15, -0.1) is 0 Å². The largest absolute Gasteiger partial charge is 0.388 e. The van der Waals surface area contributed by atoms with Crippen molar-refractivity contribution in [3.8, 4) is 6.07 Å². The molecule has 3 amide bonds. The van der Waals surface area contributed by atoms with Crippen molar-refractivity contribution >= 4 is 28.8 Å². The van der Waals surface area contributed by atoms with Crippen molar-refractivity contribution in [2.45, 2.75) is 18.9 Å². The number of piperidine rings is 1. The molecular weight excluding hydrogens is 342 g/mol. The molecule has 0 atom stereocenters. The summed E-state index contributed by atoms with van der Waals surface area (Å²) in [6.07, 6.45) is 3.15. The van der Waals surface area contributed by atoms with Crippen LogP contribution < -0.4 is 5.32 Å². The Bertz CT molecular complexity index is 591. The number of hydrogen-bond donors (Lipinski definition) is 1. The molecule has 2 fully saturated rings. The van der Waals surface area contributed by atoms with Crippen LogP contribution in [0.3, 0.4) is 0 Å². The topological polar surface area (TPSA) is 96.8 Å². The van der Waals surface area contributed by atoms with Gasteiger partial charge in [0.05, 0.1) is 5.75 Å². The van der Waals surface area contributed by atoms with Gasteiger partial charge < -0.3 is 15.1 Å². The molecule has 8 nitrogen and oxygen atoms in total. The number of imide groups is 1. The molecular formula is C16H23N5O3S. The van der Waals surface area contributed by atoms with Crippen LogP contribution in [0.2, 0.25) is 0 Å². The van der Waals surface area contributed by atoms with Crippen LogP contribution in [0.4, 0.5) is 4.79 Å². The maximum Gasteiger partial charge on any atom is 0.288 e. The second-order valence-corrected chi connectivity index (χ2v) is 7.10. The predicted octanol–water partition coefficient (Wildman–Crippen LogP) is 0.231. The minimum absolute atomic E-state index is 0.0230. The van der Waals surface area contributed by atoms with E-state index in [1.54, 1.807) is 11.9 Å². The molecule has 136 valence electrons. The van der Waals surface area contributed by atoms with Gasteiger partial charge in [-0.3, -0.25) is 19.3 Å². The van der Waals surface area contributed by atoms with E-state index in [9.17, 15) is 19.6 Å². The summed E-state index contributed by atoms with van der Waals surface area (Å²) in [4.78, 5) is 40.5. The van der Waals surface area contributed by atoms with Crippen molar-refractivity contribution in [2.75, 3.05) is 46.0 Å². The molecule has 2 heterocycles. The first-order valence-electron chi connectivity index (χ1n) is 8.20. The van der Waals surface area contributed by atoms with Crippen LogP contribution in [0.15, 0.2) is 11.8 Å². The maximum atomic E-state index is 12.5. The van der Waals surface area contributed by atoms with E-state index in [0.717, 1.165) is 37.7 Å². The van der Waals surface area contributed by atoms with Gasteiger partial charge in [0.2, 0.25) is 5.91 Å². The molecule has 0 aromatic carbocycles. The molecule has 1 N–H and O–H groups in total. The standard InChI is InChI=1S/C16H23N5O3S/c1-19-6-3-13(4-7-19)20(2)15(23)12(9-17)10-18-5-8-21-14(22)11-25-16(21)24/h10,13,18H,3-8,11H2,1-2H3/b12-10-. The molecule has 0 aromatic heterocycles. The van der Waals surface area contributed by atoms with Crippen LogP contribution in [0.25, 0.3) is 0 Å². The molecule has 0 unspecified atom stereocenters. The SMILES string of the molecule is CN1CCC(N(C)C(=O)/C(C#N)=C\NCCN2C(=O)CSC2=O)CC1. The number of likely N-dealkylation sites (tertiary alicyclic amines) is 1. The number of likely N-dealkylation sites (N-methyl/N-ethyl adjacent to an activating group) is 1. The monoisotopic (exact) mass is 365 g/mol. The van der Waals surface area contributed by atoms with Gasteiger partial charge in [-0.05, 0) is 33.0 Å². The van der Waals surface area contributed by atoms with E-state index in [1.165, 1.54) is 11.1 Å². The number of nitrogens with zero attached hydrogens (tertiary/aromatic N) is 4. The molecule has 2 saturated heterocycles. The molecule has 0 aromatic rings. The molecule has 0 spiro atoms. The van der Waals surface area contributed by atoms with Crippen LogP contribution >= 0.6 is 11.8 Å². The average Bonchev–Trinajstić information content (AvgIpc) is 2.93. The number of carbonyl (C=O) groups is 3. The number of amides is 3. The highest BCUT2D eigenvalue weighted by Crippen LogP contribution is 2.18. The lowest BCUT2D eigenvalue weighted by Crippen LogP contribution is -2.45. The zero-order chi connectivity index (χ0) is 18.4. The fourth-order valence-corrected chi connectivity index (χ4v) is 3.58. The van der Waals surface area contributed by atoms with Crippen LogP contribution in [0, 0.1) is 11.3 Å². The van der Waals surface area contributed by atoms with E-state index in [2.05, 4.69) is 17.3 Å². The summed E-state index contributed by atoms with van der Waals surface area (Å²) in [5, 5.41) is 11.8. The maximum absolute atomic E-state index is 12.5. The van der Waals surface area contributed by atoms with Crippen LogP contribution in [-0.4, -0.2) is 83.8 Å². The van der Waals surface area contributed by atoms with Gasteiger partial charge in [0.1, 0.15) is 11.6 Å². The Hall–Kier alpha value is -2.05. The summed E-state index contributed by atoms with van der Waals surface area (Å²) in [6.45, 7) is 2.39. The Balaban J connectivity index is 1.84. The van der Waals surface area contributed by atoms with Gasteiger partial charge in [-0.1, -0.05) is 11.8 Å². The Morgan fingerprint density at radius 2 is 2.12 bits per heavy atom. The summed E-state index contributed by atoms with van der Waals surface area (Å²) >= 11 is 0.985. The summed E-state index contributed by atoms with van der Waals surface area (Å²) in [6, 6.07) is 2.06. The van der Waals surface area contributed by atoms with Crippen molar-refractivity contribution in [1.29, 1.82) is 5.26 Å². The normalized spacial score (nSPS) is 19.9. The van der Waals surface area contributed by atoms with Crippen LogP contribution in [0.5, 0.6) is 0 Å². The van der Waals surface area contributed by atoms with Gasteiger partial charge in [0.15, 0.2) is 0 Å². The van der Waals surface area contributed by atoms with E-state index in [-0.39, 0.29) is 41.0 Å². The fourth-order valence-electron chi connectivity index (χ4n) is 2.83. The molecule has 2 aliphatic rings. The lowest BCUT2D eigenvalue weighted by molar-refractivity contribution is -0.128. The van der Waals surface area contributed by atoms with Crippen molar-refractivity contribution < 1.29 is 14.4 Å². The first-order chi connectivity index (χ1) is 11.9. The first-order valence-corrected chi connectivity index (χ1v) is 9.19. The fraction of sp³-hybridized carbons (Fsp3) is 0.625. The Labute approximate surface area is 151 Å². The number of rotatable bonds is 6. The number of nitrogens with one attached hydrogen (secondary N) is 1. The number of hydrogen-bond acceptors (Lipinski definition) is 7. The van der Waals surface area contributed by atoms with E-state index < -0.39 is 0 Å². The Kier molecular flexibility index (Phi) is 6.84. The Morgan fingerprint density at radius 3 is 2.68 bits per heavy atom. The lowest BCUT2D eigenvalue weighted by Gasteiger charge is -2.35. The van der Waals surface area contributed by atoms with Crippen LogP contribution in [0.1, 0.15) is 12.8 Å². The summed E-state index contributed by atoms with van der Waals surface area (Å²) in [5.74, 6) is -0.342. The smallest absolute Gasteiger partial charge is 0.288 e. The third-order valence-electron chi connectivity index (χ3n) is 4.47. The van der Waals surface area contributed by atoms with E-state index in [4.69, 9.17) is 0 Å². The van der Waals surface area contributed by atoms with Crippen molar-refractivity contribution in [2.24, 2.45) is 0 Å². The molecule has 0 saturated carbocycles. The number of carbonyl (C=O) groups excluding carboxylic acids is 3. The van der Waals surface area contributed by atoms with Crippen molar-refractivity contribution in [3.05, 3.63) is 11.8 Å². The zero-order valence-corrected chi connectivity index (χ0v) is 15.3. The molecule has 2 rings (SSSR count). The third-order valence-corrected chi connectivity index (χ3v) is 5.33. The molecule has 25 heavy (non-hydrogen) atoms. The van der Waals surface area contributed by atoms with Gasteiger partial charge in [0.25, 0.3) is 11.1 Å². The molecule has 2 aliphatic heterocycles. The molecule has 0 bridgehead atoms. The second kappa shape index (κ2) is 8.87. The van der Waals surface area contributed by atoms with Gasteiger partial charge >= 0.3 is 0 Å². The summed E-state index contributed by atoms with van der Waals surface area (Å²) < 4.78 is 0. The lowest BCUT2D eigenvalue weighted by atomic mass is 10.0. The quantitative estimate of drug-likeness (QED) is 0.409. The van der Waals surface area contributed by atoms with Crippen LogP contribution in [-0.2, 0) is 9.59 Å². The number of nitriles is 1. The van der Waals surface area contributed by atoms with Gasteiger partial charge in [-0.2, -0.15) is 5.26 Å². The Morgan fingerprint density at radius 1 is 1.44 bits per heavy atom. The second-order valence-electron chi connectivity index (χ2n) is 6.17. The summed E-state index contributed by atoms with van der Waals surface area (Å²) in [5.41, 5.74) is 0.0230. The van der Waals surface area contributed by atoms with E-state index in [0.29, 0.717) is 6.54 Å². The molecule has 0 aliphatic carbocycles. The molecule has 9 heteroatoms. The van der Waals surface area contributed by atoms with E-state index in [1.807, 2.05) is 6.07 Å². The summed E-state index contributed by atoms with van der Waals surface area (Å²) in [7, 11) is 3.78. The predicted molar refractivity (Wildman–Crippen MR) is 94.6 cm³/mol. The third kappa shape index (κ3) is 4.96. The highest BCUT2D eigenvalue weighted by atomic mass is 32.2. The number of thioether (sulfide) groups is 1. The van der Waals surface area contributed by atoms with E-state index >= 15 is 0 Å². The van der Waals surface area contributed by atoms with Crippen molar-refractivity contribution in [1.82, 2.24) is 20.0 Å². The van der Waals surface area contributed by atoms with Gasteiger partial charge in [0, 0.05) is 32.4 Å². The average molecular weight is 365 g/mol. The van der Waals surface area contributed by atoms with Crippen molar-refractivity contribution in [3.63, 3.8) is 0 Å². The highest BCUT2D eigenvalue weighted by Gasteiger charge is 2.29. The zero-order valence-electron chi connectivity index (χ0n) is 14.5. The first kappa shape index (κ1) is 19.3. The minimum atomic E-state index is -0.312.